The number of hydrogen-bond donors (Lipinski definition) is 3. The summed E-state index contributed by atoms with van der Waals surface area (Å²) in [5.74, 6) is -2.63. The van der Waals surface area contributed by atoms with Gasteiger partial charge in [-0.3, -0.25) is 0 Å². The quantitative estimate of drug-likeness (QED) is 0.421. The van der Waals surface area contributed by atoms with Crippen LogP contribution in [0.1, 0.15) is 12.5 Å². The summed E-state index contributed by atoms with van der Waals surface area (Å²) in [6, 6.07) is 3.99. The second-order valence-electron chi connectivity index (χ2n) is 3.50. The molecule has 0 bridgehead atoms. The predicted molar refractivity (Wildman–Crippen MR) is 62.0 cm³/mol. The molecule has 18 heavy (non-hydrogen) atoms. The highest BCUT2D eigenvalue weighted by atomic mass is 16.6. The predicted octanol–water partition coefficient (Wildman–Crippen LogP) is 1.13. The third-order valence-corrected chi connectivity index (χ3v) is 2.05. The molecule has 0 saturated carbocycles. The van der Waals surface area contributed by atoms with Crippen LogP contribution in [0.5, 0.6) is 11.5 Å². The molecule has 0 spiro atoms. The number of ether oxygens (including phenoxy) is 1. The maximum atomic E-state index is 11.2. The fraction of sp³-hybridized carbons (Fsp3) is 0.167. The van der Waals surface area contributed by atoms with Crippen molar-refractivity contribution in [3.63, 3.8) is 0 Å². The van der Waals surface area contributed by atoms with E-state index in [-0.39, 0.29) is 11.5 Å². The Morgan fingerprint density at radius 3 is 2.50 bits per heavy atom. The van der Waals surface area contributed by atoms with Crippen LogP contribution >= 0.6 is 0 Å². The molecule has 6 heteroatoms. The van der Waals surface area contributed by atoms with Crippen molar-refractivity contribution in [2.24, 2.45) is 0 Å². The Kier molecular flexibility index (Phi) is 4.31. The minimum absolute atomic E-state index is 0.269. The van der Waals surface area contributed by atoms with E-state index in [1.165, 1.54) is 31.2 Å². The number of benzene rings is 1. The summed E-state index contributed by atoms with van der Waals surface area (Å²) in [6.45, 7) is 1.24. The third-order valence-electron chi connectivity index (χ3n) is 2.05. The molecule has 0 aliphatic carbocycles. The standard InChI is InChI=1S/C12H12O6/c1-7(12(16)17)18-11(15)5-3-8-2-4-9(13)10(14)6-8/h2-7,13-14H,1H3,(H,16,17)/b5-3+. The van der Waals surface area contributed by atoms with Gasteiger partial charge in [0.2, 0.25) is 0 Å². The van der Waals surface area contributed by atoms with Crippen molar-refractivity contribution in [2.45, 2.75) is 13.0 Å². The minimum Gasteiger partial charge on any atom is -0.504 e. The number of aliphatic carboxylic acids is 1. The number of hydrogen-bond acceptors (Lipinski definition) is 5. The normalized spacial score (nSPS) is 12.3. The van der Waals surface area contributed by atoms with Crippen LogP contribution in [0.25, 0.3) is 6.08 Å². The van der Waals surface area contributed by atoms with E-state index in [0.29, 0.717) is 5.56 Å². The van der Waals surface area contributed by atoms with E-state index >= 15 is 0 Å². The summed E-state index contributed by atoms with van der Waals surface area (Å²) in [7, 11) is 0. The van der Waals surface area contributed by atoms with E-state index in [1.807, 2.05) is 0 Å². The van der Waals surface area contributed by atoms with Crippen LogP contribution in [-0.4, -0.2) is 33.4 Å². The van der Waals surface area contributed by atoms with Gasteiger partial charge in [-0.25, -0.2) is 9.59 Å². The molecule has 0 aromatic heterocycles. The van der Waals surface area contributed by atoms with E-state index in [0.717, 1.165) is 6.08 Å². The highest BCUT2D eigenvalue weighted by Crippen LogP contribution is 2.25. The first-order valence-corrected chi connectivity index (χ1v) is 5.03. The SMILES string of the molecule is CC(OC(=O)/C=C/c1ccc(O)c(O)c1)C(=O)O. The second kappa shape index (κ2) is 5.72. The summed E-state index contributed by atoms with van der Waals surface area (Å²) in [4.78, 5) is 21.6. The van der Waals surface area contributed by atoms with Crippen LogP contribution in [0.4, 0.5) is 0 Å². The Balaban J connectivity index is 2.66. The molecule has 1 unspecified atom stereocenters. The van der Waals surface area contributed by atoms with Gasteiger partial charge >= 0.3 is 11.9 Å². The highest BCUT2D eigenvalue weighted by Gasteiger charge is 2.14. The minimum atomic E-state index is -1.24. The molecule has 0 aliphatic heterocycles. The summed E-state index contributed by atoms with van der Waals surface area (Å²) >= 11 is 0. The summed E-state index contributed by atoms with van der Waals surface area (Å²) in [6.07, 6.45) is 1.14. The molecule has 96 valence electrons. The first-order valence-electron chi connectivity index (χ1n) is 5.03. The maximum Gasteiger partial charge on any atom is 0.344 e. The number of rotatable bonds is 4. The molecule has 0 aliphatic rings. The zero-order chi connectivity index (χ0) is 13.7. The summed E-state index contributed by atoms with van der Waals surface area (Å²) < 4.78 is 4.55. The lowest BCUT2D eigenvalue weighted by molar-refractivity contribution is -0.159. The topological polar surface area (TPSA) is 104 Å². The second-order valence-corrected chi connectivity index (χ2v) is 3.50. The molecule has 0 radical (unpaired) electrons. The van der Waals surface area contributed by atoms with Crippen molar-refractivity contribution in [1.82, 2.24) is 0 Å². The van der Waals surface area contributed by atoms with Crippen molar-refractivity contribution in [1.29, 1.82) is 0 Å². The average molecular weight is 252 g/mol. The monoisotopic (exact) mass is 252 g/mol. The zero-order valence-electron chi connectivity index (χ0n) is 9.53. The molecule has 1 aromatic carbocycles. The van der Waals surface area contributed by atoms with Gasteiger partial charge in [-0.1, -0.05) is 6.07 Å². The summed E-state index contributed by atoms with van der Waals surface area (Å²) in [5.41, 5.74) is 0.463. The smallest absolute Gasteiger partial charge is 0.344 e. The first kappa shape index (κ1) is 13.6. The van der Waals surface area contributed by atoms with E-state index in [9.17, 15) is 14.7 Å². The van der Waals surface area contributed by atoms with Crippen LogP contribution in [-0.2, 0) is 14.3 Å². The van der Waals surface area contributed by atoms with Crippen molar-refractivity contribution >= 4 is 18.0 Å². The van der Waals surface area contributed by atoms with Gasteiger partial charge in [-0.2, -0.15) is 0 Å². The van der Waals surface area contributed by atoms with Gasteiger partial charge in [0.05, 0.1) is 0 Å². The van der Waals surface area contributed by atoms with Gasteiger partial charge in [0.25, 0.3) is 0 Å². The molecule has 6 nitrogen and oxygen atoms in total. The molecule has 3 N–H and O–H groups in total. The zero-order valence-corrected chi connectivity index (χ0v) is 9.53. The number of phenolic OH excluding ortho intramolecular Hbond substituents is 2. The van der Waals surface area contributed by atoms with Crippen molar-refractivity contribution in [2.75, 3.05) is 0 Å². The molecule has 0 amide bonds. The van der Waals surface area contributed by atoms with Crippen molar-refractivity contribution in [3.8, 4) is 11.5 Å². The Labute approximate surface area is 103 Å². The number of carboxylic acid groups (broad SMARTS) is 1. The summed E-state index contributed by atoms with van der Waals surface area (Å²) in [5, 5.41) is 26.8. The fourth-order valence-corrected chi connectivity index (χ4v) is 1.07. The van der Waals surface area contributed by atoms with Gasteiger partial charge in [0.1, 0.15) is 0 Å². The highest BCUT2D eigenvalue weighted by molar-refractivity contribution is 5.89. The molecule has 1 aromatic rings. The molecule has 1 atom stereocenters. The average Bonchev–Trinajstić information content (AvgIpc) is 2.30. The lowest BCUT2D eigenvalue weighted by Gasteiger charge is -2.05. The van der Waals surface area contributed by atoms with Crippen LogP contribution in [0.2, 0.25) is 0 Å². The Hall–Kier alpha value is -2.50. The molecular weight excluding hydrogens is 240 g/mol. The van der Waals surface area contributed by atoms with E-state index < -0.39 is 18.0 Å². The first-order chi connectivity index (χ1) is 8.40. The lowest BCUT2D eigenvalue weighted by atomic mass is 10.2. The number of aromatic hydroxyl groups is 2. The van der Waals surface area contributed by atoms with Crippen LogP contribution < -0.4 is 0 Å². The number of carbonyl (C=O) groups excluding carboxylic acids is 1. The Morgan fingerprint density at radius 1 is 1.28 bits per heavy atom. The molecular formula is C12H12O6. The van der Waals surface area contributed by atoms with Gasteiger partial charge in [-0.15, -0.1) is 0 Å². The molecule has 1 rings (SSSR count). The Bertz CT molecular complexity index is 491. The maximum absolute atomic E-state index is 11.2. The molecule has 0 saturated heterocycles. The lowest BCUT2D eigenvalue weighted by Crippen LogP contribution is -2.22. The Morgan fingerprint density at radius 2 is 1.94 bits per heavy atom. The number of phenols is 2. The van der Waals surface area contributed by atoms with Crippen LogP contribution in [0.3, 0.4) is 0 Å². The van der Waals surface area contributed by atoms with E-state index in [4.69, 9.17) is 10.2 Å². The van der Waals surface area contributed by atoms with Crippen LogP contribution in [0, 0.1) is 0 Å². The van der Waals surface area contributed by atoms with Gasteiger partial charge in [0, 0.05) is 6.08 Å². The van der Waals surface area contributed by atoms with E-state index in [2.05, 4.69) is 4.74 Å². The van der Waals surface area contributed by atoms with Gasteiger partial charge < -0.3 is 20.1 Å². The third kappa shape index (κ3) is 3.82. The number of esters is 1. The van der Waals surface area contributed by atoms with Crippen LogP contribution in [0.15, 0.2) is 24.3 Å². The van der Waals surface area contributed by atoms with Gasteiger partial charge in [0.15, 0.2) is 17.6 Å². The number of carboxylic acids is 1. The fourth-order valence-electron chi connectivity index (χ4n) is 1.07. The molecule has 0 heterocycles. The number of carbonyl (C=O) groups is 2. The molecule has 0 fully saturated rings. The van der Waals surface area contributed by atoms with E-state index in [1.54, 1.807) is 0 Å². The van der Waals surface area contributed by atoms with Gasteiger partial charge in [-0.05, 0) is 30.7 Å². The van der Waals surface area contributed by atoms with Crippen molar-refractivity contribution < 1.29 is 29.6 Å². The largest absolute Gasteiger partial charge is 0.504 e. The van der Waals surface area contributed by atoms with Crippen molar-refractivity contribution in [3.05, 3.63) is 29.8 Å².